The molecule has 19 heavy (non-hydrogen) atoms. The number of fused-ring (bicyclic) bond motifs is 1. The molecule has 0 saturated carbocycles. The maximum Gasteiger partial charge on any atom is 0.193 e. The molecule has 1 aromatic carbocycles. The summed E-state index contributed by atoms with van der Waals surface area (Å²) in [4.78, 5) is 5.49. The van der Waals surface area contributed by atoms with Crippen LogP contribution < -0.4 is 5.73 Å². The molecule has 0 bridgehead atoms. The normalized spacial score (nSPS) is 13.0. The van der Waals surface area contributed by atoms with Gasteiger partial charge < -0.3 is 5.73 Å². The predicted molar refractivity (Wildman–Crippen MR) is 80.2 cm³/mol. The monoisotopic (exact) mass is 311 g/mol. The molecule has 0 aliphatic carbocycles. The zero-order valence-electron chi connectivity index (χ0n) is 9.88. The molecule has 0 spiro atoms. The van der Waals surface area contributed by atoms with E-state index in [4.69, 9.17) is 28.9 Å². The van der Waals surface area contributed by atoms with Crippen LogP contribution in [0.4, 0.5) is 0 Å². The Morgan fingerprint density at radius 2 is 2.21 bits per heavy atom. The maximum atomic E-state index is 6.20. The molecule has 1 atom stereocenters. The van der Waals surface area contributed by atoms with Crippen molar-refractivity contribution in [3.8, 4) is 0 Å². The highest BCUT2D eigenvalue weighted by Gasteiger charge is 2.13. The lowest BCUT2D eigenvalue weighted by Gasteiger charge is -2.12. The lowest BCUT2D eigenvalue weighted by molar-refractivity contribution is 0.710. The molecule has 3 aromatic rings. The van der Waals surface area contributed by atoms with Gasteiger partial charge in [-0.15, -0.1) is 11.3 Å². The van der Waals surface area contributed by atoms with Crippen LogP contribution in [0.2, 0.25) is 10.0 Å². The minimum atomic E-state index is -0.186. The number of hydrogen-bond donors (Lipinski definition) is 1. The van der Waals surface area contributed by atoms with Gasteiger partial charge in [-0.25, -0.2) is 4.98 Å². The minimum absolute atomic E-state index is 0.186. The van der Waals surface area contributed by atoms with Crippen molar-refractivity contribution >= 4 is 39.5 Å². The van der Waals surface area contributed by atoms with Crippen LogP contribution in [0.5, 0.6) is 0 Å². The largest absolute Gasteiger partial charge is 0.324 e. The zero-order chi connectivity index (χ0) is 13.4. The van der Waals surface area contributed by atoms with Gasteiger partial charge in [0.2, 0.25) is 0 Å². The standard InChI is InChI=1S/C13H11Cl2N3S/c14-8-1-2-10(11(15)5-8)12(16)6-9-7-18-3-4-19-13(18)17-9/h1-5,7,12H,6,16H2. The molecule has 0 amide bonds. The summed E-state index contributed by atoms with van der Waals surface area (Å²) < 4.78 is 2.00. The van der Waals surface area contributed by atoms with E-state index in [2.05, 4.69) is 4.98 Å². The first-order valence-corrected chi connectivity index (χ1v) is 7.38. The molecule has 98 valence electrons. The average molecular weight is 312 g/mol. The van der Waals surface area contributed by atoms with E-state index in [9.17, 15) is 0 Å². The van der Waals surface area contributed by atoms with Gasteiger partial charge in [-0.1, -0.05) is 29.3 Å². The molecule has 0 fully saturated rings. The first-order chi connectivity index (χ1) is 9.13. The van der Waals surface area contributed by atoms with E-state index in [0.29, 0.717) is 16.5 Å². The average Bonchev–Trinajstić information content (AvgIpc) is 2.89. The predicted octanol–water partition coefficient (Wildman–Crippen LogP) is 3.95. The van der Waals surface area contributed by atoms with Crippen molar-refractivity contribution in [3.05, 3.63) is 57.3 Å². The molecule has 2 heterocycles. The lowest BCUT2D eigenvalue weighted by atomic mass is 10.0. The Kier molecular flexibility index (Phi) is 3.50. The van der Waals surface area contributed by atoms with Gasteiger partial charge in [-0.3, -0.25) is 4.40 Å². The zero-order valence-corrected chi connectivity index (χ0v) is 12.2. The van der Waals surface area contributed by atoms with Crippen molar-refractivity contribution in [2.24, 2.45) is 5.73 Å². The van der Waals surface area contributed by atoms with Crippen molar-refractivity contribution in [1.29, 1.82) is 0 Å². The fourth-order valence-electron chi connectivity index (χ4n) is 2.01. The molecule has 0 saturated heterocycles. The quantitative estimate of drug-likeness (QED) is 0.796. The van der Waals surface area contributed by atoms with E-state index in [0.717, 1.165) is 16.2 Å². The summed E-state index contributed by atoms with van der Waals surface area (Å²) in [5.74, 6) is 0. The van der Waals surface area contributed by atoms with Crippen LogP contribution in [0.1, 0.15) is 17.3 Å². The highest BCUT2D eigenvalue weighted by molar-refractivity contribution is 7.15. The van der Waals surface area contributed by atoms with Crippen molar-refractivity contribution in [3.63, 3.8) is 0 Å². The second kappa shape index (κ2) is 5.13. The fourth-order valence-corrected chi connectivity index (χ4v) is 3.28. The summed E-state index contributed by atoms with van der Waals surface area (Å²) in [5.41, 5.74) is 8.05. The Labute approximate surface area is 124 Å². The van der Waals surface area contributed by atoms with Gasteiger partial charge in [0.05, 0.1) is 5.69 Å². The topological polar surface area (TPSA) is 43.3 Å². The third-order valence-electron chi connectivity index (χ3n) is 2.93. The summed E-state index contributed by atoms with van der Waals surface area (Å²) in [6, 6.07) is 5.20. The second-order valence-corrected chi connectivity index (χ2v) is 6.02. The second-order valence-electron chi connectivity index (χ2n) is 4.30. The molecule has 0 aliphatic rings. The number of imidazole rings is 1. The number of nitrogens with zero attached hydrogens (tertiary/aromatic N) is 2. The Morgan fingerprint density at radius 3 is 2.95 bits per heavy atom. The van der Waals surface area contributed by atoms with E-state index in [1.54, 1.807) is 23.5 Å². The number of halogens is 2. The van der Waals surface area contributed by atoms with E-state index < -0.39 is 0 Å². The van der Waals surface area contributed by atoms with Crippen LogP contribution in [0.15, 0.2) is 36.0 Å². The van der Waals surface area contributed by atoms with E-state index in [-0.39, 0.29) is 6.04 Å². The van der Waals surface area contributed by atoms with E-state index in [1.165, 1.54) is 0 Å². The SMILES string of the molecule is NC(Cc1cn2ccsc2n1)c1ccc(Cl)cc1Cl. The highest BCUT2D eigenvalue weighted by Crippen LogP contribution is 2.27. The van der Waals surface area contributed by atoms with Gasteiger partial charge >= 0.3 is 0 Å². The number of nitrogens with two attached hydrogens (primary N) is 1. The van der Waals surface area contributed by atoms with Crippen molar-refractivity contribution in [1.82, 2.24) is 9.38 Å². The number of rotatable bonds is 3. The van der Waals surface area contributed by atoms with Gasteiger partial charge in [0.15, 0.2) is 4.96 Å². The van der Waals surface area contributed by atoms with Gasteiger partial charge in [-0.05, 0) is 17.7 Å². The maximum absolute atomic E-state index is 6.20. The summed E-state index contributed by atoms with van der Waals surface area (Å²) in [6.45, 7) is 0. The van der Waals surface area contributed by atoms with Crippen LogP contribution in [-0.4, -0.2) is 9.38 Å². The summed E-state index contributed by atoms with van der Waals surface area (Å²) in [5, 5.41) is 3.21. The Balaban J connectivity index is 1.84. The van der Waals surface area contributed by atoms with Crippen LogP contribution in [-0.2, 0) is 6.42 Å². The number of aromatic nitrogens is 2. The Hall–Kier alpha value is -1.07. The van der Waals surface area contributed by atoms with Crippen molar-refractivity contribution < 1.29 is 0 Å². The van der Waals surface area contributed by atoms with Crippen LogP contribution in [0.25, 0.3) is 4.96 Å². The number of thiazole rings is 1. The van der Waals surface area contributed by atoms with Gasteiger partial charge in [0.25, 0.3) is 0 Å². The Morgan fingerprint density at radius 1 is 1.37 bits per heavy atom. The summed E-state index contributed by atoms with van der Waals surface area (Å²) in [6.07, 6.45) is 4.63. The lowest BCUT2D eigenvalue weighted by Crippen LogP contribution is -2.14. The first-order valence-electron chi connectivity index (χ1n) is 5.75. The van der Waals surface area contributed by atoms with Gasteiger partial charge in [-0.2, -0.15) is 0 Å². The molecule has 3 rings (SSSR count). The summed E-state index contributed by atoms with van der Waals surface area (Å²) >= 11 is 13.6. The molecule has 3 nitrogen and oxygen atoms in total. The smallest absolute Gasteiger partial charge is 0.193 e. The molecule has 0 aliphatic heterocycles. The number of hydrogen-bond acceptors (Lipinski definition) is 3. The van der Waals surface area contributed by atoms with Gasteiger partial charge in [0, 0.05) is 40.3 Å². The van der Waals surface area contributed by atoms with Crippen LogP contribution in [0, 0.1) is 0 Å². The molecule has 6 heteroatoms. The third-order valence-corrected chi connectivity index (χ3v) is 4.27. The molecule has 2 aromatic heterocycles. The van der Waals surface area contributed by atoms with Crippen LogP contribution in [0.3, 0.4) is 0 Å². The van der Waals surface area contributed by atoms with Crippen LogP contribution >= 0.6 is 34.5 Å². The fraction of sp³-hybridized carbons (Fsp3) is 0.154. The molecule has 2 N–H and O–H groups in total. The summed E-state index contributed by atoms with van der Waals surface area (Å²) in [7, 11) is 0. The molecular formula is C13H11Cl2N3S. The molecule has 1 unspecified atom stereocenters. The Bertz CT molecular complexity index is 691. The minimum Gasteiger partial charge on any atom is -0.324 e. The first kappa shape index (κ1) is 12.9. The molecular weight excluding hydrogens is 301 g/mol. The van der Waals surface area contributed by atoms with Crippen molar-refractivity contribution in [2.45, 2.75) is 12.5 Å². The number of benzene rings is 1. The van der Waals surface area contributed by atoms with Crippen molar-refractivity contribution in [2.75, 3.05) is 0 Å². The highest BCUT2D eigenvalue weighted by atomic mass is 35.5. The van der Waals surface area contributed by atoms with Gasteiger partial charge in [0.1, 0.15) is 0 Å². The van der Waals surface area contributed by atoms with E-state index >= 15 is 0 Å². The van der Waals surface area contributed by atoms with E-state index in [1.807, 2.05) is 28.2 Å². The third kappa shape index (κ3) is 2.62. The molecule has 0 radical (unpaired) electrons.